The number of oxazole rings is 1. The van der Waals surface area contributed by atoms with Crippen LogP contribution in [0.25, 0.3) is 22.4 Å². The van der Waals surface area contributed by atoms with E-state index in [1.807, 2.05) is 11.0 Å². The van der Waals surface area contributed by atoms with E-state index in [0.717, 1.165) is 10.6 Å². The molecule has 4 heterocycles. The first-order valence-corrected chi connectivity index (χ1v) is 10.8. The molecule has 1 saturated heterocycles. The van der Waals surface area contributed by atoms with Crippen LogP contribution in [0.4, 0.5) is 11.7 Å². The van der Waals surface area contributed by atoms with Gasteiger partial charge in [0, 0.05) is 44.0 Å². The molecule has 2 amide bonds. The van der Waals surface area contributed by atoms with Crippen molar-refractivity contribution in [3.05, 3.63) is 66.6 Å². The summed E-state index contributed by atoms with van der Waals surface area (Å²) in [5.41, 5.74) is 5.71. The van der Waals surface area contributed by atoms with Crippen molar-refractivity contribution in [2.24, 2.45) is 0 Å². The third kappa shape index (κ3) is 4.44. The number of carbonyl (C=O) groups is 2. The first-order chi connectivity index (χ1) is 16.6. The van der Waals surface area contributed by atoms with Crippen molar-refractivity contribution in [1.82, 2.24) is 20.4 Å². The maximum atomic E-state index is 13.4. The Bertz CT molecular complexity index is 1330. The van der Waals surface area contributed by atoms with E-state index in [0.29, 0.717) is 54.8 Å². The van der Waals surface area contributed by atoms with Gasteiger partial charge >= 0.3 is 0 Å². The van der Waals surface area contributed by atoms with Gasteiger partial charge in [0.1, 0.15) is 11.2 Å². The summed E-state index contributed by atoms with van der Waals surface area (Å²) in [4.78, 5) is 40.5. The third-order valence-electron chi connectivity index (χ3n) is 5.30. The lowest BCUT2D eigenvalue weighted by Gasteiger charge is -2.24. The molecule has 1 N–H and O–H groups in total. The number of carbonyl (C=O) groups excluding carboxylic acids is 2. The number of hydrazine groups is 1. The normalized spacial score (nSPS) is 13.6. The van der Waals surface area contributed by atoms with Crippen LogP contribution >= 0.6 is 0 Å². The first kappa shape index (κ1) is 21.5. The number of hydrogen-bond donors (Lipinski definition) is 1. The zero-order valence-electron chi connectivity index (χ0n) is 18.5. The summed E-state index contributed by atoms with van der Waals surface area (Å²) in [6.07, 6.45) is 3.34. The number of amides is 2. The summed E-state index contributed by atoms with van der Waals surface area (Å²) in [5.74, 6) is -0.892. The highest BCUT2D eigenvalue weighted by atomic mass is 16.5. The van der Waals surface area contributed by atoms with Crippen molar-refractivity contribution >= 4 is 34.6 Å². The summed E-state index contributed by atoms with van der Waals surface area (Å²) >= 11 is 0. The molecule has 0 saturated carbocycles. The van der Waals surface area contributed by atoms with E-state index in [1.165, 1.54) is 6.92 Å². The van der Waals surface area contributed by atoms with E-state index >= 15 is 0 Å². The molecule has 5 rings (SSSR count). The summed E-state index contributed by atoms with van der Waals surface area (Å²) < 4.78 is 11.3. The van der Waals surface area contributed by atoms with Crippen molar-refractivity contribution in [3.63, 3.8) is 0 Å². The van der Waals surface area contributed by atoms with Gasteiger partial charge < -0.3 is 14.1 Å². The Morgan fingerprint density at radius 1 is 1.06 bits per heavy atom. The first-order valence-electron chi connectivity index (χ1n) is 10.8. The molecule has 34 heavy (non-hydrogen) atoms. The molecular formula is C24H22N6O4. The summed E-state index contributed by atoms with van der Waals surface area (Å²) in [7, 11) is 0. The lowest BCUT2D eigenvalue weighted by Crippen LogP contribution is -2.46. The van der Waals surface area contributed by atoms with Gasteiger partial charge in [-0.1, -0.05) is 6.07 Å². The fourth-order valence-electron chi connectivity index (χ4n) is 3.66. The lowest BCUT2D eigenvalue weighted by molar-refractivity contribution is -0.119. The van der Waals surface area contributed by atoms with E-state index in [2.05, 4.69) is 20.4 Å². The van der Waals surface area contributed by atoms with E-state index in [4.69, 9.17) is 9.15 Å². The SMILES string of the molecule is CC(=O)NN(C(=O)c1cccc(-c2cccnc2)n1)c1ccc2nc(N3CCOCC3)oc2c1. The maximum absolute atomic E-state index is 13.4. The van der Waals surface area contributed by atoms with Gasteiger partial charge in [-0.25, -0.2) is 9.99 Å². The zero-order chi connectivity index (χ0) is 23.5. The van der Waals surface area contributed by atoms with Crippen LogP contribution in [0.15, 0.2) is 65.3 Å². The predicted octanol–water partition coefficient (Wildman–Crippen LogP) is 2.82. The molecule has 3 aromatic heterocycles. The average molecular weight is 458 g/mol. The number of nitrogens with one attached hydrogen (secondary N) is 1. The Balaban J connectivity index is 1.47. The summed E-state index contributed by atoms with van der Waals surface area (Å²) in [5, 5.41) is 1.16. The highest BCUT2D eigenvalue weighted by molar-refractivity contribution is 6.06. The van der Waals surface area contributed by atoms with Crippen molar-refractivity contribution in [3.8, 4) is 11.3 Å². The molecular weight excluding hydrogens is 436 g/mol. The van der Waals surface area contributed by atoms with Gasteiger partial charge in [0.25, 0.3) is 11.9 Å². The minimum atomic E-state index is -0.492. The van der Waals surface area contributed by atoms with Gasteiger partial charge in [-0.15, -0.1) is 0 Å². The Kier molecular flexibility index (Phi) is 5.88. The molecule has 0 spiro atoms. The lowest BCUT2D eigenvalue weighted by atomic mass is 10.2. The molecule has 0 radical (unpaired) electrons. The molecule has 0 unspecified atom stereocenters. The molecule has 0 atom stereocenters. The number of morpholine rings is 1. The van der Waals surface area contributed by atoms with Gasteiger partial charge in [0.15, 0.2) is 5.58 Å². The molecule has 1 aliphatic rings. The number of anilines is 2. The van der Waals surface area contributed by atoms with Crippen molar-refractivity contribution in [2.75, 3.05) is 36.2 Å². The topological polar surface area (TPSA) is 114 Å². The minimum Gasteiger partial charge on any atom is -0.423 e. The van der Waals surface area contributed by atoms with Crippen LogP contribution < -0.4 is 15.3 Å². The highest BCUT2D eigenvalue weighted by Gasteiger charge is 2.23. The van der Waals surface area contributed by atoms with E-state index < -0.39 is 11.8 Å². The largest absolute Gasteiger partial charge is 0.423 e. The van der Waals surface area contributed by atoms with Crippen molar-refractivity contribution in [1.29, 1.82) is 0 Å². The number of fused-ring (bicyclic) bond motifs is 1. The predicted molar refractivity (Wildman–Crippen MR) is 125 cm³/mol. The molecule has 1 fully saturated rings. The molecule has 10 nitrogen and oxygen atoms in total. The van der Waals surface area contributed by atoms with Crippen molar-refractivity contribution in [2.45, 2.75) is 6.92 Å². The fourth-order valence-corrected chi connectivity index (χ4v) is 3.66. The molecule has 172 valence electrons. The standard InChI is InChI=1S/C24H22N6O4/c1-16(31)28-30(23(32)21-6-2-5-19(26-21)17-4-3-9-25-15-17)18-7-8-20-22(14-18)34-24(27-20)29-10-12-33-13-11-29/h2-9,14-15H,10-13H2,1H3,(H,28,31). The maximum Gasteiger partial charge on any atom is 0.298 e. The van der Waals surface area contributed by atoms with Crippen LogP contribution in [0, 0.1) is 0 Å². The van der Waals surface area contributed by atoms with E-state index in [-0.39, 0.29) is 5.69 Å². The molecule has 1 aromatic carbocycles. The fraction of sp³-hybridized carbons (Fsp3) is 0.208. The summed E-state index contributed by atoms with van der Waals surface area (Å²) in [6.45, 7) is 3.94. The number of ether oxygens (including phenoxy) is 1. The smallest absolute Gasteiger partial charge is 0.298 e. The minimum absolute atomic E-state index is 0.168. The van der Waals surface area contributed by atoms with Gasteiger partial charge in [-0.05, 0) is 36.4 Å². The monoisotopic (exact) mass is 458 g/mol. The van der Waals surface area contributed by atoms with Crippen LogP contribution in [0.2, 0.25) is 0 Å². The molecule has 0 aliphatic carbocycles. The Morgan fingerprint density at radius 3 is 2.68 bits per heavy atom. The van der Waals surface area contributed by atoms with Gasteiger partial charge in [0.2, 0.25) is 5.91 Å². The Labute approximate surface area is 195 Å². The van der Waals surface area contributed by atoms with Crippen molar-refractivity contribution < 1.29 is 18.7 Å². The number of benzene rings is 1. The molecule has 0 bridgehead atoms. The molecule has 10 heteroatoms. The molecule has 1 aliphatic heterocycles. The van der Waals surface area contributed by atoms with Crippen LogP contribution in [0.3, 0.4) is 0 Å². The second-order valence-corrected chi connectivity index (χ2v) is 7.71. The van der Waals surface area contributed by atoms with Crippen LogP contribution in [0.5, 0.6) is 0 Å². The van der Waals surface area contributed by atoms with Gasteiger partial charge in [-0.2, -0.15) is 4.98 Å². The van der Waals surface area contributed by atoms with Crippen LogP contribution in [-0.4, -0.2) is 53.1 Å². The third-order valence-corrected chi connectivity index (χ3v) is 5.30. The van der Waals surface area contributed by atoms with Gasteiger partial charge in [-0.3, -0.25) is 20.0 Å². The highest BCUT2D eigenvalue weighted by Crippen LogP contribution is 2.27. The second kappa shape index (κ2) is 9.28. The van der Waals surface area contributed by atoms with Crippen LogP contribution in [0.1, 0.15) is 17.4 Å². The van der Waals surface area contributed by atoms with Crippen LogP contribution in [-0.2, 0) is 9.53 Å². The van der Waals surface area contributed by atoms with E-state index in [9.17, 15) is 9.59 Å². The Morgan fingerprint density at radius 2 is 1.91 bits per heavy atom. The number of pyridine rings is 2. The van der Waals surface area contributed by atoms with Gasteiger partial charge in [0.05, 0.1) is 24.6 Å². The number of nitrogens with zero attached hydrogens (tertiary/aromatic N) is 5. The number of hydrogen-bond acceptors (Lipinski definition) is 8. The number of rotatable bonds is 4. The average Bonchev–Trinajstić information content (AvgIpc) is 3.31. The second-order valence-electron chi connectivity index (χ2n) is 7.71. The van der Waals surface area contributed by atoms with E-state index in [1.54, 1.807) is 54.9 Å². The number of aromatic nitrogens is 3. The zero-order valence-corrected chi connectivity index (χ0v) is 18.5. The molecule has 4 aromatic rings. The summed E-state index contributed by atoms with van der Waals surface area (Å²) in [6, 6.07) is 14.4. The Hall–Kier alpha value is -4.31. The quantitative estimate of drug-likeness (QED) is 0.465.